The van der Waals surface area contributed by atoms with Gasteiger partial charge in [0, 0.05) is 28.9 Å². The number of hydrogen-bond acceptors (Lipinski definition) is 5. The van der Waals surface area contributed by atoms with E-state index < -0.39 is 10.8 Å². The summed E-state index contributed by atoms with van der Waals surface area (Å²) in [5.74, 6) is 1.77. The third-order valence-corrected chi connectivity index (χ3v) is 6.55. The molecule has 0 atom stereocenters. The molecule has 154 valence electrons. The maximum absolute atomic E-state index is 12.6. The summed E-state index contributed by atoms with van der Waals surface area (Å²) in [6.45, 7) is 1.70. The van der Waals surface area contributed by atoms with E-state index in [0.717, 1.165) is 37.0 Å². The van der Waals surface area contributed by atoms with Crippen molar-refractivity contribution in [2.24, 2.45) is 22.9 Å². The van der Waals surface area contributed by atoms with E-state index in [9.17, 15) is 19.7 Å². The molecule has 0 saturated heterocycles. The number of rotatable bonds is 6. The van der Waals surface area contributed by atoms with Crippen LogP contribution in [-0.4, -0.2) is 28.0 Å². The molecule has 1 aromatic carbocycles. The average Bonchev–Trinajstić information content (AvgIpc) is 2.64. The molecule has 29 heavy (non-hydrogen) atoms. The van der Waals surface area contributed by atoms with Crippen LogP contribution >= 0.6 is 0 Å². The zero-order valence-corrected chi connectivity index (χ0v) is 16.5. The van der Waals surface area contributed by atoms with Crippen molar-refractivity contribution in [1.29, 1.82) is 0 Å². The van der Waals surface area contributed by atoms with E-state index in [2.05, 4.69) is 15.8 Å². The fourth-order valence-corrected chi connectivity index (χ4v) is 5.82. The number of carbonyl (C=O) groups is 2. The topological polar surface area (TPSA) is 114 Å². The highest BCUT2D eigenvalue weighted by Crippen LogP contribution is 2.55. The molecule has 4 fully saturated rings. The quantitative estimate of drug-likeness (QED) is 0.435. The van der Waals surface area contributed by atoms with Crippen molar-refractivity contribution in [1.82, 2.24) is 10.7 Å². The number of benzene rings is 1. The van der Waals surface area contributed by atoms with Crippen molar-refractivity contribution < 1.29 is 14.5 Å². The van der Waals surface area contributed by atoms with Crippen LogP contribution in [0.1, 0.15) is 62.2 Å². The Hall–Kier alpha value is -2.77. The van der Waals surface area contributed by atoms with Gasteiger partial charge >= 0.3 is 0 Å². The van der Waals surface area contributed by atoms with Gasteiger partial charge in [-0.3, -0.25) is 19.7 Å². The maximum Gasteiger partial charge on any atom is 0.271 e. The summed E-state index contributed by atoms with van der Waals surface area (Å²) in [5.41, 5.74) is 3.08. The molecule has 2 amide bonds. The van der Waals surface area contributed by atoms with E-state index in [1.54, 1.807) is 6.92 Å². The minimum absolute atomic E-state index is 0.0336. The van der Waals surface area contributed by atoms with Gasteiger partial charge in [-0.15, -0.1) is 0 Å². The second-order valence-corrected chi connectivity index (χ2v) is 9.01. The van der Waals surface area contributed by atoms with Crippen LogP contribution in [0.3, 0.4) is 0 Å². The van der Waals surface area contributed by atoms with Gasteiger partial charge in [-0.1, -0.05) is 0 Å². The lowest BCUT2D eigenvalue weighted by Gasteiger charge is -2.56. The molecule has 1 aromatic rings. The van der Waals surface area contributed by atoms with Crippen LogP contribution in [0.15, 0.2) is 29.4 Å². The second-order valence-electron chi connectivity index (χ2n) is 9.01. The first-order chi connectivity index (χ1) is 13.8. The number of non-ortho nitro benzene ring substituents is 1. The molecule has 2 N–H and O–H groups in total. The number of nitro groups is 1. The Morgan fingerprint density at radius 1 is 1.10 bits per heavy atom. The Morgan fingerprint density at radius 3 is 2.17 bits per heavy atom. The molecule has 4 saturated carbocycles. The first-order valence-electron chi connectivity index (χ1n) is 10.2. The van der Waals surface area contributed by atoms with E-state index in [0.29, 0.717) is 5.71 Å². The number of amides is 2. The second kappa shape index (κ2) is 7.57. The predicted octanol–water partition coefficient (Wildman–Crippen LogP) is 3.18. The van der Waals surface area contributed by atoms with Crippen LogP contribution in [-0.2, 0) is 4.79 Å². The van der Waals surface area contributed by atoms with E-state index >= 15 is 0 Å². The molecule has 0 heterocycles. The van der Waals surface area contributed by atoms with Gasteiger partial charge in [-0.2, -0.15) is 5.10 Å². The molecule has 4 aliphatic carbocycles. The molecule has 0 aliphatic heterocycles. The van der Waals surface area contributed by atoms with E-state index in [1.807, 2.05) is 0 Å². The first kappa shape index (κ1) is 19.5. The third kappa shape index (κ3) is 4.31. The van der Waals surface area contributed by atoms with Crippen LogP contribution in [0, 0.1) is 27.9 Å². The smallest absolute Gasteiger partial charge is 0.271 e. The van der Waals surface area contributed by atoms with Gasteiger partial charge < -0.3 is 5.32 Å². The molecule has 8 nitrogen and oxygen atoms in total. The highest BCUT2D eigenvalue weighted by Gasteiger charge is 2.51. The normalized spacial score (nSPS) is 30.1. The first-order valence-corrected chi connectivity index (χ1v) is 10.2. The van der Waals surface area contributed by atoms with Crippen molar-refractivity contribution >= 4 is 23.2 Å². The zero-order chi connectivity index (χ0) is 20.6. The molecule has 5 rings (SSSR count). The predicted molar refractivity (Wildman–Crippen MR) is 107 cm³/mol. The highest BCUT2D eigenvalue weighted by atomic mass is 16.6. The van der Waals surface area contributed by atoms with Crippen LogP contribution in [0.4, 0.5) is 5.69 Å². The molecule has 0 unspecified atom stereocenters. The average molecular weight is 398 g/mol. The fourth-order valence-electron chi connectivity index (χ4n) is 5.82. The van der Waals surface area contributed by atoms with Crippen LogP contribution < -0.4 is 10.7 Å². The summed E-state index contributed by atoms with van der Waals surface area (Å²) >= 11 is 0. The lowest BCUT2D eigenvalue weighted by atomic mass is 9.53. The number of hydrogen-bond donors (Lipinski definition) is 2. The molecule has 8 heteroatoms. The van der Waals surface area contributed by atoms with E-state index in [-0.39, 0.29) is 29.1 Å². The van der Waals surface area contributed by atoms with Crippen LogP contribution in [0.2, 0.25) is 0 Å². The number of nitrogens with zero attached hydrogens (tertiary/aromatic N) is 2. The van der Waals surface area contributed by atoms with Crippen molar-refractivity contribution in [3.63, 3.8) is 0 Å². The lowest BCUT2D eigenvalue weighted by molar-refractivity contribution is -0.384. The van der Waals surface area contributed by atoms with Gasteiger partial charge in [-0.25, -0.2) is 5.43 Å². The Morgan fingerprint density at radius 2 is 1.66 bits per heavy atom. The summed E-state index contributed by atoms with van der Waals surface area (Å²) in [6, 6.07) is 5.28. The SMILES string of the molecule is C/C(CC(=O)NC12CC3CC(CC(C3)C1)C2)=N\NC(=O)c1ccc([N+](=O)[O-])cc1. The molecule has 4 aliphatic rings. The van der Waals surface area contributed by atoms with Gasteiger partial charge in [0.15, 0.2) is 0 Å². The largest absolute Gasteiger partial charge is 0.350 e. The fraction of sp³-hybridized carbons (Fsp3) is 0.571. The molecule has 0 aromatic heterocycles. The number of nitro benzene ring substituents is 1. The summed E-state index contributed by atoms with van der Waals surface area (Å²) in [5, 5.41) is 18.0. The summed E-state index contributed by atoms with van der Waals surface area (Å²) in [7, 11) is 0. The summed E-state index contributed by atoms with van der Waals surface area (Å²) < 4.78 is 0. The van der Waals surface area contributed by atoms with Gasteiger partial charge in [0.25, 0.3) is 11.6 Å². The highest BCUT2D eigenvalue weighted by molar-refractivity contribution is 6.01. The monoisotopic (exact) mass is 398 g/mol. The Labute approximate surface area is 169 Å². The van der Waals surface area contributed by atoms with Gasteiger partial charge in [0.05, 0.1) is 11.3 Å². The van der Waals surface area contributed by atoms with Gasteiger partial charge in [0.2, 0.25) is 5.91 Å². The minimum atomic E-state index is -0.521. The summed E-state index contributed by atoms with van der Waals surface area (Å²) in [6.07, 6.45) is 7.40. The third-order valence-electron chi connectivity index (χ3n) is 6.55. The van der Waals surface area contributed by atoms with E-state index in [1.165, 1.54) is 43.5 Å². The number of hydrazone groups is 1. The number of nitrogens with one attached hydrogen (secondary N) is 2. The minimum Gasteiger partial charge on any atom is -0.350 e. The Kier molecular flexibility index (Phi) is 5.10. The molecule has 0 spiro atoms. The van der Waals surface area contributed by atoms with E-state index in [4.69, 9.17) is 0 Å². The molecular formula is C21H26N4O4. The Balaban J connectivity index is 1.30. The van der Waals surface area contributed by atoms with Gasteiger partial charge in [0.1, 0.15) is 0 Å². The summed E-state index contributed by atoms with van der Waals surface area (Å²) in [4.78, 5) is 34.9. The van der Waals surface area contributed by atoms with Crippen LogP contribution in [0.5, 0.6) is 0 Å². The zero-order valence-electron chi connectivity index (χ0n) is 16.5. The molecular weight excluding hydrogens is 372 g/mol. The molecule has 0 radical (unpaired) electrons. The van der Waals surface area contributed by atoms with Crippen LogP contribution in [0.25, 0.3) is 0 Å². The van der Waals surface area contributed by atoms with Crippen molar-refractivity contribution in [3.8, 4) is 0 Å². The number of carbonyl (C=O) groups excluding carboxylic acids is 2. The Bertz CT molecular complexity index is 827. The van der Waals surface area contributed by atoms with Crippen molar-refractivity contribution in [2.45, 2.75) is 57.4 Å². The van der Waals surface area contributed by atoms with Gasteiger partial charge in [-0.05, 0) is 75.3 Å². The maximum atomic E-state index is 12.6. The molecule has 4 bridgehead atoms. The van der Waals surface area contributed by atoms with Crippen molar-refractivity contribution in [2.75, 3.05) is 0 Å². The van der Waals surface area contributed by atoms with Crippen molar-refractivity contribution in [3.05, 3.63) is 39.9 Å². The standard InChI is InChI=1S/C21H26N4O4/c1-13(23-24-20(27)17-2-4-18(5-3-17)25(28)29)6-19(26)22-21-10-14-7-15(11-21)9-16(8-14)12-21/h2-5,14-16H,6-12H2,1H3,(H,22,26)(H,24,27)/b23-13+. The lowest BCUT2D eigenvalue weighted by Crippen LogP contribution is -2.60.